The van der Waals surface area contributed by atoms with E-state index in [2.05, 4.69) is 12.2 Å². The molecule has 0 fully saturated rings. The van der Waals surface area contributed by atoms with Crippen molar-refractivity contribution in [3.63, 3.8) is 0 Å². The van der Waals surface area contributed by atoms with Crippen LogP contribution in [0.25, 0.3) is 11.1 Å². The Morgan fingerprint density at radius 2 is 1.85 bits per heavy atom. The van der Waals surface area contributed by atoms with Crippen molar-refractivity contribution < 1.29 is 4.79 Å². The van der Waals surface area contributed by atoms with E-state index in [0.717, 1.165) is 18.3 Å². The minimum atomic E-state index is 0.771. The van der Waals surface area contributed by atoms with E-state index in [1.165, 1.54) is 21.6 Å². The smallest absolute Gasteiger partial charge is 0.150 e. The molecule has 0 aromatic heterocycles. The standard InChI is InChI=1S/C12H8O/c13-7-8-1-4-11-9-2-3-10(6-9)12(11)5-8/h1-5,7H,6H2. The highest BCUT2D eigenvalue weighted by Gasteiger charge is 2.14. The highest BCUT2D eigenvalue weighted by atomic mass is 16.1. The van der Waals surface area contributed by atoms with Gasteiger partial charge in [0.25, 0.3) is 0 Å². The maximum atomic E-state index is 10.6. The summed E-state index contributed by atoms with van der Waals surface area (Å²) >= 11 is 0. The van der Waals surface area contributed by atoms with Gasteiger partial charge < -0.3 is 0 Å². The molecule has 0 saturated heterocycles. The molecule has 62 valence electrons. The summed E-state index contributed by atoms with van der Waals surface area (Å²) in [6.45, 7) is 0. The third kappa shape index (κ3) is 0.788. The summed E-state index contributed by atoms with van der Waals surface area (Å²) in [4.78, 5) is 10.6. The Hall–Kier alpha value is -1.63. The summed E-state index contributed by atoms with van der Waals surface area (Å²) in [7, 11) is 0. The Labute approximate surface area is 75.7 Å². The van der Waals surface area contributed by atoms with Gasteiger partial charge in [0, 0.05) is 5.56 Å². The molecule has 0 radical (unpaired) electrons. The van der Waals surface area contributed by atoms with Crippen LogP contribution in [-0.4, -0.2) is 6.29 Å². The molecule has 0 spiro atoms. The van der Waals surface area contributed by atoms with Gasteiger partial charge >= 0.3 is 0 Å². The molecule has 1 aromatic carbocycles. The number of rotatable bonds is 1. The quantitative estimate of drug-likeness (QED) is 0.566. The summed E-state index contributed by atoms with van der Waals surface area (Å²) < 4.78 is 0. The molecular weight excluding hydrogens is 160 g/mol. The summed E-state index contributed by atoms with van der Waals surface area (Å²) in [5.74, 6) is 0. The summed E-state index contributed by atoms with van der Waals surface area (Å²) in [6, 6.07) is 5.91. The molecule has 0 saturated carbocycles. The summed E-state index contributed by atoms with van der Waals surface area (Å²) in [5, 5.41) is 2.56. The first kappa shape index (κ1) is 6.84. The molecule has 1 heteroatoms. The number of benzene rings is 1. The van der Waals surface area contributed by atoms with Crippen LogP contribution >= 0.6 is 0 Å². The zero-order chi connectivity index (χ0) is 8.84. The monoisotopic (exact) mass is 168 g/mol. The minimum absolute atomic E-state index is 0.771. The largest absolute Gasteiger partial charge is 0.298 e. The van der Waals surface area contributed by atoms with Crippen molar-refractivity contribution in [3.8, 4) is 0 Å². The average Bonchev–Trinajstić information content (AvgIpc) is 2.77. The lowest BCUT2D eigenvalue weighted by atomic mass is 10.1. The maximum Gasteiger partial charge on any atom is 0.150 e. The van der Waals surface area contributed by atoms with Crippen LogP contribution in [0.2, 0.25) is 0 Å². The Balaban J connectivity index is 2.50. The number of carbonyl (C=O) groups excluding carboxylic acids is 1. The molecule has 0 heterocycles. The number of allylic oxidation sites excluding steroid dienone is 2. The normalized spacial score (nSPS) is 16.6. The van der Waals surface area contributed by atoms with Crippen molar-refractivity contribution in [2.75, 3.05) is 0 Å². The van der Waals surface area contributed by atoms with Crippen LogP contribution in [0.4, 0.5) is 0 Å². The van der Waals surface area contributed by atoms with Crippen LogP contribution in [0, 0.1) is 0 Å². The zero-order valence-corrected chi connectivity index (χ0v) is 7.08. The molecule has 2 aliphatic rings. The molecule has 2 bridgehead atoms. The minimum Gasteiger partial charge on any atom is -0.298 e. The van der Waals surface area contributed by atoms with E-state index >= 15 is 0 Å². The predicted octanol–water partition coefficient (Wildman–Crippen LogP) is 0.774. The van der Waals surface area contributed by atoms with Crippen molar-refractivity contribution in [3.05, 3.63) is 46.4 Å². The van der Waals surface area contributed by atoms with Crippen LogP contribution in [0.15, 0.2) is 30.4 Å². The number of hydrogen-bond donors (Lipinski definition) is 0. The average molecular weight is 168 g/mol. The fourth-order valence-corrected chi connectivity index (χ4v) is 2.08. The van der Waals surface area contributed by atoms with Gasteiger partial charge in [-0.25, -0.2) is 0 Å². The summed E-state index contributed by atoms with van der Waals surface area (Å²) in [6.07, 6.45) is 6.27. The highest BCUT2D eigenvalue weighted by Crippen LogP contribution is 2.24. The SMILES string of the molecule is O=Cc1ccc2c(c1)=C1C=CC=2C1. The van der Waals surface area contributed by atoms with Crippen molar-refractivity contribution >= 4 is 17.4 Å². The van der Waals surface area contributed by atoms with Crippen LogP contribution in [-0.2, 0) is 0 Å². The lowest BCUT2D eigenvalue weighted by molar-refractivity contribution is 0.112. The van der Waals surface area contributed by atoms with Crippen molar-refractivity contribution in [2.45, 2.75) is 6.42 Å². The van der Waals surface area contributed by atoms with Gasteiger partial charge in [0.05, 0.1) is 0 Å². The van der Waals surface area contributed by atoms with Gasteiger partial charge in [-0.3, -0.25) is 4.79 Å². The van der Waals surface area contributed by atoms with Gasteiger partial charge in [-0.1, -0.05) is 24.3 Å². The van der Waals surface area contributed by atoms with Crippen LogP contribution in [0.5, 0.6) is 0 Å². The van der Waals surface area contributed by atoms with E-state index in [-0.39, 0.29) is 0 Å². The van der Waals surface area contributed by atoms with Gasteiger partial charge in [-0.2, -0.15) is 0 Å². The number of aldehydes is 1. The first-order chi connectivity index (χ1) is 6.38. The van der Waals surface area contributed by atoms with Crippen LogP contribution in [0.3, 0.4) is 0 Å². The fourth-order valence-electron chi connectivity index (χ4n) is 2.08. The molecule has 0 atom stereocenters. The second kappa shape index (κ2) is 2.19. The fraction of sp³-hybridized carbons (Fsp3) is 0.0833. The Kier molecular flexibility index (Phi) is 1.15. The van der Waals surface area contributed by atoms with Gasteiger partial charge in [0.15, 0.2) is 0 Å². The molecular formula is C12H8O. The second-order valence-corrected chi connectivity index (χ2v) is 3.48. The van der Waals surface area contributed by atoms with Crippen LogP contribution < -0.4 is 10.4 Å². The van der Waals surface area contributed by atoms with Crippen molar-refractivity contribution in [1.29, 1.82) is 0 Å². The molecule has 1 aromatic rings. The molecule has 1 nitrogen and oxygen atoms in total. The van der Waals surface area contributed by atoms with Gasteiger partial charge in [-0.15, -0.1) is 0 Å². The first-order valence-corrected chi connectivity index (χ1v) is 4.38. The third-order valence-corrected chi connectivity index (χ3v) is 2.74. The lowest BCUT2D eigenvalue weighted by Crippen LogP contribution is -2.25. The number of hydrogen-bond acceptors (Lipinski definition) is 1. The topological polar surface area (TPSA) is 17.1 Å². The van der Waals surface area contributed by atoms with E-state index in [0.29, 0.717) is 0 Å². The maximum absolute atomic E-state index is 10.6. The zero-order valence-electron chi connectivity index (χ0n) is 7.08. The predicted molar refractivity (Wildman–Crippen MR) is 51.7 cm³/mol. The van der Waals surface area contributed by atoms with E-state index in [1.54, 1.807) is 0 Å². The number of fused-ring (bicyclic) bond motifs is 3. The Bertz CT molecular complexity index is 547. The first-order valence-electron chi connectivity index (χ1n) is 4.38. The van der Waals surface area contributed by atoms with Gasteiger partial charge in [0.1, 0.15) is 6.29 Å². The van der Waals surface area contributed by atoms with E-state index in [4.69, 9.17) is 0 Å². The molecule has 0 unspecified atom stereocenters. The second-order valence-electron chi connectivity index (χ2n) is 3.48. The summed E-state index contributed by atoms with van der Waals surface area (Å²) in [5.41, 5.74) is 3.52. The van der Waals surface area contributed by atoms with Crippen molar-refractivity contribution in [2.24, 2.45) is 0 Å². The van der Waals surface area contributed by atoms with E-state index in [9.17, 15) is 4.79 Å². The number of carbonyl (C=O) groups is 1. The van der Waals surface area contributed by atoms with E-state index < -0.39 is 0 Å². The van der Waals surface area contributed by atoms with Crippen molar-refractivity contribution in [1.82, 2.24) is 0 Å². The molecule has 0 aliphatic heterocycles. The molecule has 2 aliphatic carbocycles. The van der Waals surface area contributed by atoms with E-state index in [1.807, 2.05) is 18.2 Å². The lowest BCUT2D eigenvalue weighted by Gasteiger charge is -1.94. The van der Waals surface area contributed by atoms with Crippen LogP contribution in [0.1, 0.15) is 16.8 Å². The molecule has 0 amide bonds. The third-order valence-electron chi connectivity index (χ3n) is 2.74. The van der Waals surface area contributed by atoms with Gasteiger partial charge in [0.2, 0.25) is 0 Å². The Morgan fingerprint density at radius 1 is 1.08 bits per heavy atom. The molecule has 3 rings (SSSR count). The molecule has 13 heavy (non-hydrogen) atoms. The molecule has 0 N–H and O–H groups in total. The van der Waals surface area contributed by atoms with Gasteiger partial charge in [-0.05, 0) is 34.1 Å². The Morgan fingerprint density at radius 3 is 2.62 bits per heavy atom. The highest BCUT2D eigenvalue weighted by molar-refractivity contribution is 5.86.